The Kier molecular flexibility index (Phi) is 7.32. The molecule has 2 rings (SSSR count). The van der Waals surface area contributed by atoms with Crippen LogP contribution in [0.5, 0.6) is 0 Å². The van der Waals surface area contributed by atoms with Crippen molar-refractivity contribution < 1.29 is 4.79 Å². The molecule has 0 aromatic heterocycles. The van der Waals surface area contributed by atoms with Crippen LogP contribution < -0.4 is 4.46 Å². The summed E-state index contributed by atoms with van der Waals surface area (Å²) < 4.78 is 2.28. The van der Waals surface area contributed by atoms with Gasteiger partial charge in [0.05, 0.1) is 0 Å². The van der Waals surface area contributed by atoms with Crippen molar-refractivity contribution in [1.82, 2.24) is 0 Å². The van der Waals surface area contributed by atoms with Gasteiger partial charge in [0.15, 0.2) is 0 Å². The molecule has 0 amide bonds. The zero-order valence-corrected chi connectivity index (χ0v) is 15.6. The second-order valence-electron chi connectivity index (χ2n) is 5.68. The van der Waals surface area contributed by atoms with Gasteiger partial charge in [0, 0.05) is 0 Å². The van der Waals surface area contributed by atoms with E-state index in [1.165, 1.54) is 29.3 Å². The summed E-state index contributed by atoms with van der Waals surface area (Å²) in [6, 6.07) is 20.0. The van der Waals surface area contributed by atoms with Gasteiger partial charge in [-0.25, -0.2) is 0 Å². The molecule has 0 radical (unpaired) electrons. The summed E-state index contributed by atoms with van der Waals surface area (Å²) in [6.07, 6.45) is 4.62. The summed E-state index contributed by atoms with van der Waals surface area (Å²) in [5.41, 5.74) is 2.06. The molecular formula is C21H24OSe. The molecule has 0 aliphatic rings. The number of ketones is 1. The standard InChI is InChI=1S/C21H24OSe/c1-3-4-7-12-17(2)21(23-19-15-10-6-11-16-19)20(22)18-13-8-5-9-14-18/h5-6,8-11,13-16H,3-4,7,12H2,1-2H3/b21-17+. The van der Waals surface area contributed by atoms with E-state index in [0.717, 1.165) is 16.5 Å². The van der Waals surface area contributed by atoms with E-state index in [-0.39, 0.29) is 20.7 Å². The van der Waals surface area contributed by atoms with Crippen molar-refractivity contribution in [2.75, 3.05) is 0 Å². The average Bonchev–Trinajstić information content (AvgIpc) is 2.61. The molecule has 0 N–H and O–H groups in total. The second-order valence-corrected chi connectivity index (χ2v) is 7.95. The Morgan fingerprint density at radius 3 is 2.13 bits per heavy atom. The summed E-state index contributed by atoms with van der Waals surface area (Å²) in [5.74, 6) is 0.198. The minimum absolute atomic E-state index is 0.0600. The molecule has 0 bridgehead atoms. The minimum atomic E-state index is 0.0600. The number of unbranched alkanes of at least 4 members (excludes halogenated alkanes) is 2. The zero-order chi connectivity index (χ0) is 16.5. The van der Waals surface area contributed by atoms with Crippen molar-refractivity contribution in [1.29, 1.82) is 0 Å². The van der Waals surface area contributed by atoms with Crippen LogP contribution in [0.1, 0.15) is 49.9 Å². The molecule has 0 aliphatic carbocycles. The summed E-state index contributed by atoms with van der Waals surface area (Å²) in [6.45, 7) is 4.35. The molecule has 0 saturated heterocycles. The van der Waals surface area contributed by atoms with Crippen molar-refractivity contribution in [3.8, 4) is 0 Å². The molecule has 0 heterocycles. The Morgan fingerprint density at radius 1 is 0.913 bits per heavy atom. The fourth-order valence-electron chi connectivity index (χ4n) is 2.41. The van der Waals surface area contributed by atoms with Crippen LogP contribution in [0.4, 0.5) is 0 Å². The van der Waals surface area contributed by atoms with Crippen molar-refractivity contribution in [3.63, 3.8) is 0 Å². The van der Waals surface area contributed by atoms with E-state index in [0.29, 0.717) is 0 Å². The molecule has 0 atom stereocenters. The molecule has 120 valence electrons. The quantitative estimate of drug-likeness (QED) is 0.283. The van der Waals surface area contributed by atoms with Gasteiger partial charge in [0.2, 0.25) is 0 Å². The van der Waals surface area contributed by atoms with E-state index < -0.39 is 0 Å². The topological polar surface area (TPSA) is 17.1 Å². The molecule has 2 aromatic carbocycles. The Morgan fingerprint density at radius 2 is 1.52 bits per heavy atom. The van der Waals surface area contributed by atoms with Gasteiger partial charge in [-0.2, -0.15) is 0 Å². The first-order valence-electron chi connectivity index (χ1n) is 8.24. The number of carbonyl (C=O) groups excluding carboxylic acids is 1. The first kappa shape index (κ1) is 17.7. The summed E-state index contributed by atoms with van der Waals surface area (Å²) in [4.78, 5) is 13.0. The molecule has 1 nitrogen and oxygen atoms in total. The number of allylic oxidation sites excluding steroid dienone is 2. The van der Waals surface area contributed by atoms with Crippen LogP contribution in [0.25, 0.3) is 0 Å². The van der Waals surface area contributed by atoms with Crippen LogP contribution in [0.15, 0.2) is 70.7 Å². The molecule has 0 unspecified atom stereocenters. The monoisotopic (exact) mass is 372 g/mol. The zero-order valence-electron chi connectivity index (χ0n) is 13.9. The van der Waals surface area contributed by atoms with Gasteiger partial charge in [0.1, 0.15) is 0 Å². The van der Waals surface area contributed by atoms with Gasteiger partial charge in [0.25, 0.3) is 0 Å². The van der Waals surface area contributed by atoms with E-state index in [9.17, 15) is 4.79 Å². The van der Waals surface area contributed by atoms with Gasteiger partial charge in [-0.15, -0.1) is 0 Å². The molecule has 0 saturated carbocycles. The molecule has 2 heteroatoms. The average molecular weight is 371 g/mol. The Balaban J connectivity index is 2.27. The van der Waals surface area contributed by atoms with Crippen LogP contribution >= 0.6 is 0 Å². The number of hydrogen-bond donors (Lipinski definition) is 0. The maximum absolute atomic E-state index is 13.0. The summed E-state index contributed by atoms with van der Waals surface area (Å²) in [7, 11) is 0. The van der Waals surface area contributed by atoms with Gasteiger partial charge in [-0.1, -0.05) is 0 Å². The van der Waals surface area contributed by atoms with Crippen LogP contribution in [0.3, 0.4) is 0 Å². The molecule has 2 aromatic rings. The van der Waals surface area contributed by atoms with Gasteiger partial charge in [-0.3, -0.25) is 0 Å². The van der Waals surface area contributed by atoms with Gasteiger partial charge >= 0.3 is 146 Å². The SMILES string of the molecule is CCCCC/C(C)=C(/[Se]c1ccccc1)C(=O)c1ccccc1. The van der Waals surface area contributed by atoms with E-state index in [1.54, 1.807) is 0 Å². The first-order valence-corrected chi connectivity index (χ1v) is 9.96. The predicted molar refractivity (Wildman–Crippen MR) is 99.4 cm³/mol. The fourth-order valence-corrected chi connectivity index (χ4v) is 4.54. The maximum atomic E-state index is 13.0. The van der Waals surface area contributed by atoms with Crippen molar-refractivity contribution in [2.45, 2.75) is 39.5 Å². The van der Waals surface area contributed by atoms with Crippen molar-refractivity contribution in [2.24, 2.45) is 0 Å². The molecular weight excluding hydrogens is 347 g/mol. The summed E-state index contributed by atoms with van der Waals surface area (Å²) in [5, 5.41) is 0. The van der Waals surface area contributed by atoms with Crippen LogP contribution in [-0.4, -0.2) is 20.7 Å². The fraction of sp³-hybridized carbons (Fsp3) is 0.286. The van der Waals surface area contributed by atoms with Crippen molar-refractivity contribution >= 4 is 25.2 Å². The number of carbonyl (C=O) groups is 1. The normalized spacial score (nSPS) is 11.9. The third-order valence-corrected chi connectivity index (χ3v) is 6.36. The first-order chi connectivity index (χ1) is 11.2. The van der Waals surface area contributed by atoms with E-state index in [2.05, 4.69) is 26.0 Å². The second kappa shape index (κ2) is 9.50. The Bertz CT molecular complexity index is 644. The molecule has 23 heavy (non-hydrogen) atoms. The van der Waals surface area contributed by atoms with E-state index in [4.69, 9.17) is 0 Å². The van der Waals surface area contributed by atoms with Gasteiger partial charge in [-0.05, 0) is 0 Å². The Hall–Kier alpha value is -1.63. The van der Waals surface area contributed by atoms with Crippen molar-refractivity contribution in [3.05, 3.63) is 76.3 Å². The number of benzene rings is 2. The third kappa shape index (κ3) is 5.49. The summed E-state index contributed by atoms with van der Waals surface area (Å²) >= 11 is 0.0600. The number of hydrogen-bond acceptors (Lipinski definition) is 1. The van der Waals surface area contributed by atoms with Crippen LogP contribution in [-0.2, 0) is 0 Å². The molecule has 0 spiro atoms. The van der Waals surface area contributed by atoms with Crippen LogP contribution in [0.2, 0.25) is 0 Å². The predicted octanol–water partition coefficient (Wildman–Crippen LogP) is 4.75. The number of rotatable bonds is 8. The van der Waals surface area contributed by atoms with Gasteiger partial charge < -0.3 is 0 Å². The van der Waals surface area contributed by atoms with E-state index >= 15 is 0 Å². The van der Waals surface area contributed by atoms with E-state index in [1.807, 2.05) is 48.5 Å². The Labute approximate surface area is 146 Å². The molecule has 0 fully saturated rings. The van der Waals surface area contributed by atoms with Crippen LogP contribution in [0, 0.1) is 0 Å². The number of Topliss-reactive ketones (excluding diaryl/α,β-unsaturated/α-hetero) is 1. The third-order valence-electron chi connectivity index (χ3n) is 3.75. The molecule has 0 aliphatic heterocycles.